The minimum atomic E-state index is -0.978. The van der Waals surface area contributed by atoms with Gasteiger partial charge in [0.25, 0.3) is 0 Å². The second kappa shape index (κ2) is 12.8. The van der Waals surface area contributed by atoms with Crippen molar-refractivity contribution in [2.45, 2.75) is 39.2 Å². The summed E-state index contributed by atoms with van der Waals surface area (Å²) >= 11 is 0. The predicted octanol–water partition coefficient (Wildman–Crippen LogP) is 6.31. The number of pyridine rings is 1. The van der Waals surface area contributed by atoms with Gasteiger partial charge in [0.05, 0.1) is 43.8 Å². The van der Waals surface area contributed by atoms with Crippen molar-refractivity contribution in [1.29, 1.82) is 0 Å². The minimum absolute atomic E-state index is 0.224. The molecule has 1 aliphatic heterocycles. The predicted molar refractivity (Wildman–Crippen MR) is 169 cm³/mol. The number of carbonyl (C=O) groups excluding carboxylic acids is 1. The normalized spacial score (nSPS) is 14.0. The summed E-state index contributed by atoms with van der Waals surface area (Å²) in [6, 6.07) is 19.1. The van der Waals surface area contributed by atoms with Gasteiger partial charge in [0.1, 0.15) is 5.75 Å². The fourth-order valence-corrected chi connectivity index (χ4v) is 5.35. The van der Waals surface area contributed by atoms with Gasteiger partial charge in [0, 0.05) is 42.3 Å². The van der Waals surface area contributed by atoms with Crippen molar-refractivity contribution in [3.8, 4) is 16.9 Å². The summed E-state index contributed by atoms with van der Waals surface area (Å²) < 4.78 is 11.0. The Morgan fingerprint density at radius 1 is 0.977 bits per heavy atom. The molecule has 9 nitrogen and oxygen atoms in total. The van der Waals surface area contributed by atoms with Gasteiger partial charge in [0.15, 0.2) is 0 Å². The van der Waals surface area contributed by atoms with Crippen LogP contribution >= 0.6 is 0 Å². The Balaban J connectivity index is 1.39. The van der Waals surface area contributed by atoms with Gasteiger partial charge in [0.2, 0.25) is 0 Å². The average Bonchev–Trinajstić information content (AvgIpc) is 2.97. The number of hydrogen-bond donors (Lipinski definition) is 3. The first kappa shape index (κ1) is 30.0. The molecule has 0 atom stereocenters. The second-order valence-corrected chi connectivity index (χ2v) is 11.7. The zero-order valence-corrected chi connectivity index (χ0v) is 25.1. The minimum Gasteiger partial charge on any atom is -0.494 e. The zero-order valence-electron chi connectivity index (χ0n) is 25.1. The lowest BCUT2D eigenvalue weighted by Crippen LogP contribution is -2.35. The third-order valence-electron chi connectivity index (χ3n) is 7.62. The molecule has 1 saturated heterocycles. The van der Waals surface area contributed by atoms with Gasteiger partial charge >= 0.3 is 12.0 Å². The maximum Gasteiger partial charge on any atom is 0.323 e. The van der Waals surface area contributed by atoms with E-state index in [-0.39, 0.29) is 11.8 Å². The van der Waals surface area contributed by atoms with Crippen LogP contribution in [0, 0.1) is 0 Å². The van der Waals surface area contributed by atoms with Crippen LogP contribution < -0.4 is 15.4 Å². The summed E-state index contributed by atoms with van der Waals surface area (Å²) in [5, 5.41) is 17.2. The van der Waals surface area contributed by atoms with Crippen molar-refractivity contribution in [3.63, 3.8) is 0 Å². The number of nitrogens with zero attached hydrogens (tertiary/aromatic N) is 2. The summed E-state index contributed by atoms with van der Waals surface area (Å²) in [6.07, 6.45) is 1.68. The number of urea groups is 1. The lowest BCUT2D eigenvalue weighted by atomic mass is 9.85. The summed E-state index contributed by atoms with van der Waals surface area (Å²) in [5.41, 5.74) is 5.20. The van der Waals surface area contributed by atoms with Crippen LogP contribution in [0.15, 0.2) is 66.9 Å². The molecule has 9 heteroatoms. The highest BCUT2D eigenvalue weighted by Gasteiger charge is 2.22. The van der Waals surface area contributed by atoms with Gasteiger partial charge in [-0.05, 0) is 40.1 Å². The number of morpholine rings is 1. The van der Waals surface area contributed by atoms with Gasteiger partial charge in [-0.25, -0.2) is 4.79 Å². The van der Waals surface area contributed by atoms with Crippen molar-refractivity contribution < 1.29 is 24.2 Å². The molecule has 5 rings (SSSR count). The number of carbonyl (C=O) groups is 2. The van der Waals surface area contributed by atoms with E-state index in [0.717, 1.165) is 66.0 Å². The SMILES string of the molecule is COc1c(CC(=O)O)cc(C(C)(C)C)cc1NC(=O)Nc1ccc(-c2ccc(CN3CCOCC3)nc2)c2ccccc12. The molecule has 0 saturated carbocycles. The first-order valence-corrected chi connectivity index (χ1v) is 14.4. The van der Waals surface area contributed by atoms with E-state index in [1.54, 1.807) is 0 Å². The molecule has 2 amide bonds. The fourth-order valence-electron chi connectivity index (χ4n) is 5.35. The molecule has 1 aliphatic rings. The van der Waals surface area contributed by atoms with Gasteiger partial charge in [-0.3, -0.25) is 14.7 Å². The molecule has 224 valence electrons. The van der Waals surface area contributed by atoms with E-state index < -0.39 is 12.0 Å². The Labute approximate surface area is 251 Å². The highest BCUT2D eigenvalue weighted by Crippen LogP contribution is 2.37. The number of carboxylic acids is 1. The van der Waals surface area contributed by atoms with Crippen molar-refractivity contribution in [2.75, 3.05) is 44.0 Å². The van der Waals surface area contributed by atoms with Gasteiger partial charge in [-0.1, -0.05) is 63.2 Å². The quantitative estimate of drug-likeness (QED) is 0.223. The lowest BCUT2D eigenvalue weighted by molar-refractivity contribution is -0.136. The Bertz CT molecular complexity index is 1620. The topological polar surface area (TPSA) is 113 Å². The van der Waals surface area contributed by atoms with Gasteiger partial charge < -0.3 is 25.2 Å². The molecule has 0 bridgehead atoms. The number of nitrogens with one attached hydrogen (secondary N) is 2. The van der Waals surface area contributed by atoms with Crippen LogP contribution in [0.5, 0.6) is 5.75 Å². The van der Waals surface area contributed by atoms with E-state index in [1.807, 2.05) is 75.5 Å². The molecule has 2 heterocycles. The number of benzene rings is 3. The van der Waals surface area contributed by atoms with E-state index >= 15 is 0 Å². The largest absolute Gasteiger partial charge is 0.494 e. The van der Waals surface area contributed by atoms with Crippen LogP contribution in [0.1, 0.15) is 37.6 Å². The first-order chi connectivity index (χ1) is 20.6. The van der Waals surface area contributed by atoms with Crippen LogP contribution in [-0.4, -0.2) is 60.4 Å². The number of fused-ring (bicyclic) bond motifs is 1. The van der Waals surface area contributed by atoms with Crippen LogP contribution in [0.2, 0.25) is 0 Å². The number of aromatic nitrogens is 1. The summed E-state index contributed by atoms with van der Waals surface area (Å²) in [5.74, 6) is -0.649. The highest BCUT2D eigenvalue weighted by molar-refractivity contribution is 6.10. The van der Waals surface area contributed by atoms with Crippen LogP contribution in [0.3, 0.4) is 0 Å². The molecule has 0 unspecified atom stereocenters. The van der Waals surface area contributed by atoms with E-state index in [4.69, 9.17) is 14.5 Å². The van der Waals surface area contributed by atoms with Crippen molar-refractivity contribution in [1.82, 2.24) is 9.88 Å². The van der Waals surface area contributed by atoms with Crippen molar-refractivity contribution in [3.05, 3.63) is 83.7 Å². The standard InChI is InChI=1S/C34H38N4O5/c1-34(2,3)24-17-23(18-31(39)40)32(42-4)30(19-24)37-33(41)36-29-12-11-26(27-7-5-6-8-28(27)29)22-9-10-25(35-20-22)21-38-13-15-43-16-14-38/h5-12,17,19-20H,13-16,18,21H2,1-4H3,(H,39,40)(H2,36,37,41). The van der Waals surface area contributed by atoms with E-state index in [9.17, 15) is 14.7 Å². The zero-order chi connectivity index (χ0) is 30.6. The monoisotopic (exact) mass is 582 g/mol. The molecule has 4 aromatic rings. The summed E-state index contributed by atoms with van der Waals surface area (Å²) in [6.45, 7) is 10.2. The Kier molecular flexibility index (Phi) is 8.94. The van der Waals surface area contributed by atoms with E-state index in [0.29, 0.717) is 22.7 Å². The maximum atomic E-state index is 13.3. The molecule has 0 spiro atoms. The fraction of sp³-hybridized carbons (Fsp3) is 0.324. The number of anilines is 2. The third-order valence-corrected chi connectivity index (χ3v) is 7.62. The summed E-state index contributed by atoms with van der Waals surface area (Å²) in [4.78, 5) is 32.0. The number of carboxylic acid groups (broad SMARTS) is 1. The van der Waals surface area contributed by atoms with Crippen LogP contribution in [-0.2, 0) is 27.9 Å². The number of hydrogen-bond acceptors (Lipinski definition) is 6. The maximum absolute atomic E-state index is 13.3. The Hall–Kier alpha value is -4.47. The Morgan fingerprint density at radius 2 is 1.70 bits per heavy atom. The molecule has 1 fully saturated rings. The molecule has 0 aliphatic carbocycles. The number of aliphatic carboxylic acids is 1. The molecule has 3 aromatic carbocycles. The Morgan fingerprint density at radius 3 is 2.35 bits per heavy atom. The van der Waals surface area contributed by atoms with Crippen LogP contribution in [0.25, 0.3) is 21.9 Å². The number of rotatable bonds is 8. The summed E-state index contributed by atoms with van der Waals surface area (Å²) in [7, 11) is 1.47. The van der Waals surface area contributed by atoms with Gasteiger partial charge in [-0.15, -0.1) is 0 Å². The smallest absolute Gasteiger partial charge is 0.323 e. The second-order valence-electron chi connectivity index (χ2n) is 11.7. The number of methoxy groups -OCH3 is 1. The molecule has 0 radical (unpaired) electrons. The molecular formula is C34H38N4O5. The number of amides is 2. The van der Waals surface area contributed by atoms with E-state index in [2.05, 4.69) is 27.7 Å². The molecule has 1 aromatic heterocycles. The lowest BCUT2D eigenvalue weighted by Gasteiger charge is -2.26. The third kappa shape index (κ3) is 7.13. The van der Waals surface area contributed by atoms with Crippen molar-refractivity contribution >= 4 is 34.1 Å². The molecule has 3 N–H and O–H groups in total. The van der Waals surface area contributed by atoms with Crippen LogP contribution in [0.4, 0.5) is 16.2 Å². The van der Waals surface area contributed by atoms with Crippen molar-refractivity contribution in [2.24, 2.45) is 0 Å². The van der Waals surface area contributed by atoms with E-state index in [1.165, 1.54) is 7.11 Å². The molecular weight excluding hydrogens is 544 g/mol. The first-order valence-electron chi connectivity index (χ1n) is 14.4. The van der Waals surface area contributed by atoms with Gasteiger partial charge in [-0.2, -0.15) is 0 Å². The average molecular weight is 583 g/mol. The molecule has 43 heavy (non-hydrogen) atoms. The number of ether oxygens (including phenoxy) is 2. The highest BCUT2D eigenvalue weighted by atomic mass is 16.5.